The first-order valence-corrected chi connectivity index (χ1v) is 6.10. The third kappa shape index (κ3) is 8.55. The summed E-state index contributed by atoms with van der Waals surface area (Å²) in [6.45, 7) is 9.46. The second kappa shape index (κ2) is 7.28. The topological polar surface area (TPSA) is 20.2 Å². The number of hydrogen-bond donors (Lipinski definition) is 1. The van der Waals surface area contributed by atoms with E-state index in [9.17, 15) is 0 Å². The third-order valence-electron chi connectivity index (χ3n) is 2.65. The summed E-state index contributed by atoms with van der Waals surface area (Å²) in [4.78, 5) is 0. The summed E-state index contributed by atoms with van der Waals surface area (Å²) < 4.78 is 0. The minimum absolute atomic E-state index is 0.354. The molecule has 0 spiro atoms. The van der Waals surface area contributed by atoms with Gasteiger partial charge in [0.1, 0.15) is 0 Å². The van der Waals surface area contributed by atoms with Gasteiger partial charge in [0.25, 0.3) is 0 Å². The van der Waals surface area contributed by atoms with Crippen LogP contribution in [-0.2, 0) is 0 Å². The van der Waals surface area contributed by atoms with Gasteiger partial charge in [-0.3, -0.25) is 0 Å². The molecular weight excluding hydrogens is 172 g/mol. The van der Waals surface area contributed by atoms with Gasteiger partial charge in [-0.1, -0.05) is 53.4 Å². The van der Waals surface area contributed by atoms with Gasteiger partial charge in [0.2, 0.25) is 0 Å². The predicted molar refractivity (Wildman–Crippen MR) is 63.4 cm³/mol. The minimum Gasteiger partial charge on any atom is -0.396 e. The highest BCUT2D eigenvalue weighted by Gasteiger charge is 2.17. The van der Waals surface area contributed by atoms with Crippen LogP contribution in [0, 0.1) is 11.3 Å². The lowest BCUT2D eigenvalue weighted by atomic mass is 9.81. The van der Waals surface area contributed by atoms with E-state index in [1.54, 1.807) is 0 Å². The molecular formula is C13H28O. The average molecular weight is 200 g/mol. The Morgan fingerprint density at radius 2 is 1.71 bits per heavy atom. The molecule has 0 saturated carbocycles. The monoisotopic (exact) mass is 200 g/mol. The third-order valence-corrected chi connectivity index (χ3v) is 2.65. The molecule has 0 bridgehead atoms. The van der Waals surface area contributed by atoms with Crippen molar-refractivity contribution in [2.45, 2.75) is 66.2 Å². The average Bonchev–Trinajstić information content (AvgIpc) is 2.02. The van der Waals surface area contributed by atoms with Gasteiger partial charge in [0, 0.05) is 6.61 Å². The first kappa shape index (κ1) is 14.0. The first-order valence-electron chi connectivity index (χ1n) is 6.10. The summed E-state index contributed by atoms with van der Waals surface area (Å²) in [5.74, 6) is 0.728. The molecule has 0 amide bonds. The highest BCUT2D eigenvalue weighted by atomic mass is 16.3. The molecule has 0 heterocycles. The van der Waals surface area contributed by atoms with Gasteiger partial charge in [-0.25, -0.2) is 0 Å². The van der Waals surface area contributed by atoms with Gasteiger partial charge in [0.05, 0.1) is 0 Å². The van der Waals surface area contributed by atoms with Crippen LogP contribution in [0.2, 0.25) is 0 Å². The molecule has 1 heteroatoms. The van der Waals surface area contributed by atoms with Crippen LogP contribution in [0.4, 0.5) is 0 Å². The lowest BCUT2D eigenvalue weighted by Crippen LogP contribution is -2.14. The van der Waals surface area contributed by atoms with Crippen molar-refractivity contribution in [3.63, 3.8) is 0 Å². The molecule has 0 aromatic carbocycles. The number of hydrogen-bond acceptors (Lipinski definition) is 1. The minimum atomic E-state index is 0.354. The Balaban J connectivity index is 3.77. The van der Waals surface area contributed by atoms with E-state index in [1.807, 2.05) is 0 Å². The second-order valence-corrected chi connectivity index (χ2v) is 5.64. The van der Waals surface area contributed by atoms with Gasteiger partial charge in [-0.2, -0.15) is 0 Å². The van der Waals surface area contributed by atoms with Crippen molar-refractivity contribution < 1.29 is 5.11 Å². The summed E-state index contributed by atoms with van der Waals surface area (Å²) in [5, 5.41) is 8.99. The fourth-order valence-electron chi connectivity index (χ4n) is 2.08. The Hall–Kier alpha value is -0.0400. The largest absolute Gasteiger partial charge is 0.396 e. The van der Waals surface area contributed by atoms with Crippen molar-refractivity contribution in [3.8, 4) is 0 Å². The van der Waals surface area contributed by atoms with Gasteiger partial charge < -0.3 is 5.11 Å². The lowest BCUT2D eigenvalue weighted by molar-refractivity contribution is 0.207. The molecule has 0 unspecified atom stereocenters. The molecule has 0 rings (SSSR count). The normalized spacial score (nSPS) is 14.4. The zero-order valence-corrected chi connectivity index (χ0v) is 10.5. The Morgan fingerprint density at radius 1 is 1.07 bits per heavy atom. The standard InChI is InChI=1S/C13H28O/c1-5-6-7-8-12(9-10-14)11-13(2,3)4/h12,14H,5-11H2,1-4H3/t12-/m1/s1. The zero-order valence-electron chi connectivity index (χ0n) is 10.5. The van der Waals surface area contributed by atoms with Crippen LogP contribution in [0.1, 0.15) is 66.2 Å². The molecule has 1 atom stereocenters. The summed E-state index contributed by atoms with van der Waals surface area (Å²) >= 11 is 0. The van der Waals surface area contributed by atoms with Crippen LogP contribution < -0.4 is 0 Å². The van der Waals surface area contributed by atoms with E-state index in [-0.39, 0.29) is 0 Å². The Bertz CT molecular complexity index is 124. The summed E-state index contributed by atoms with van der Waals surface area (Å²) in [7, 11) is 0. The molecule has 1 nitrogen and oxygen atoms in total. The molecule has 1 N–H and O–H groups in total. The van der Waals surface area contributed by atoms with E-state index in [0.29, 0.717) is 12.0 Å². The molecule has 0 aliphatic heterocycles. The van der Waals surface area contributed by atoms with Crippen LogP contribution in [-0.4, -0.2) is 11.7 Å². The molecule has 0 fully saturated rings. The van der Waals surface area contributed by atoms with Crippen molar-refractivity contribution in [3.05, 3.63) is 0 Å². The highest BCUT2D eigenvalue weighted by molar-refractivity contribution is 4.69. The quantitative estimate of drug-likeness (QED) is 0.616. The molecule has 0 radical (unpaired) electrons. The van der Waals surface area contributed by atoms with E-state index < -0.39 is 0 Å². The fraction of sp³-hybridized carbons (Fsp3) is 1.00. The fourth-order valence-corrected chi connectivity index (χ4v) is 2.08. The van der Waals surface area contributed by atoms with Crippen molar-refractivity contribution in [2.24, 2.45) is 11.3 Å². The Morgan fingerprint density at radius 3 is 2.14 bits per heavy atom. The maximum atomic E-state index is 8.99. The lowest BCUT2D eigenvalue weighted by Gasteiger charge is -2.25. The SMILES string of the molecule is CCCCC[C@H](CCO)CC(C)(C)C. The van der Waals surface area contributed by atoms with Crippen LogP contribution in [0.25, 0.3) is 0 Å². The smallest absolute Gasteiger partial charge is 0.0433 e. The van der Waals surface area contributed by atoms with E-state index in [2.05, 4.69) is 27.7 Å². The maximum absolute atomic E-state index is 8.99. The van der Waals surface area contributed by atoms with Crippen LogP contribution in [0.15, 0.2) is 0 Å². The Labute approximate surface area is 89.9 Å². The molecule has 86 valence electrons. The zero-order chi connectivity index (χ0) is 11.0. The predicted octanol–water partition coefficient (Wildman–Crippen LogP) is 4.00. The second-order valence-electron chi connectivity index (χ2n) is 5.64. The van der Waals surface area contributed by atoms with E-state index in [1.165, 1.54) is 32.1 Å². The van der Waals surface area contributed by atoms with Crippen LogP contribution in [0.5, 0.6) is 0 Å². The summed E-state index contributed by atoms with van der Waals surface area (Å²) in [6, 6.07) is 0. The molecule has 14 heavy (non-hydrogen) atoms. The summed E-state index contributed by atoms with van der Waals surface area (Å²) in [5.41, 5.74) is 0.409. The van der Waals surface area contributed by atoms with Crippen molar-refractivity contribution in [2.75, 3.05) is 6.61 Å². The molecule has 0 aliphatic carbocycles. The molecule has 0 aromatic heterocycles. The van der Waals surface area contributed by atoms with Crippen molar-refractivity contribution >= 4 is 0 Å². The number of aliphatic hydroxyl groups excluding tert-OH is 1. The molecule has 0 saturated heterocycles. The maximum Gasteiger partial charge on any atom is 0.0433 e. The van der Waals surface area contributed by atoms with E-state index in [0.717, 1.165) is 12.3 Å². The van der Waals surface area contributed by atoms with Crippen molar-refractivity contribution in [1.82, 2.24) is 0 Å². The molecule has 0 aliphatic rings. The van der Waals surface area contributed by atoms with E-state index >= 15 is 0 Å². The van der Waals surface area contributed by atoms with Gasteiger partial charge in [0.15, 0.2) is 0 Å². The highest BCUT2D eigenvalue weighted by Crippen LogP contribution is 2.29. The van der Waals surface area contributed by atoms with Gasteiger partial charge >= 0.3 is 0 Å². The van der Waals surface area contributed by atoms with Gasteiger partial charge in [-0.15, -0.1) is 0 Å². The van der Waals surface area contributed by atoms with E-state index in [4.69, 9.17) is 5.11 Å². The first-order chi connectivity index (χ1) is 6.49. The van der Waals surface area contributed by atoms with Gasteiger partial charge in [-0.05, 0) is 24.2 Å². The Kier molecular flexibility index (Phi) is 7.26. The number of unbranched alkanes of at least 4 members (excludes halogenated alkanes) is 2. The summed E-state index contributed by atoms with van der Waals surface area (Å²) in [6.07, 6.45) is 7.49. The van der Waals surface area contributed by atoms with Crippen molar-refractivity contribution in [1.29, 1.82) is 0 Å². The van der Waals surface area contributed by atoms with Crippen LogP contribution in [0.3, 0.4) is 0 Å². The number of rotatable bonds is 7. The molecule has 0 aromatic rings. The number of aliphatic hydroxyl groups is 1. The van der Waals surface area contributed by atoms with Crippen LogP contribution >= 0.6 is 0 Å².